The second kappa shape index (κ2) is 10.2. The second-order valence-electron chi connectivity index (χ2n) is 9.75. The molecule has 2 heterocycles. The molecule has 0 fully saturated rings. The summed E-state index contributed by atoms with van der Waals surface area (Å²) in [4.78, 5) is 28.1. The van der Waals surface area contributed by atoms with Crippen molar-refractivity contribution in [3.8, 4) is 0 Å². The normalized spacial score (nSPS) is 11.6. The lowest BCUT2D eigenvalue weighted by molar-refractivity contribution is -0.118. The van der Waals surface area contributed by atoms with Gasteiger partial charge in [0.05, 0.1) is 5.69 Å². The van der Waals surface area contributed by atoms with Crippen molar-refractivity contribution in [2.45, 2.75) is 65.2 Å². The number of Topliss-reactive ketones (excluding diaryl/α,β-unsaturated/α-hetero) is 2. The number of aromatic nitrogens is 3. The van der Waals surface area contributed by atoms with Crippen LogP contribution in [0.4, 0.5) is 4.39 Å². The minimum absolute atomic E-state index is 0.0418. The summed E-state index contributed by atoms with van der Waals surface area (Å²) in [6.45, 7) is 7.79. The van der Waals surface area contributed by atoms with E-state index in [4.69, 9.17) is 0 Å². The van der Waals surface area contributed by atoms with Gasteiger partial charge in [0.1, 0.15) is 17.4 Å². The number of nitrogens with zero attached hydrogens (tertiary/aromatic N) is 3. The van der Waals surface area contributed by atoms with E-state index in [-0.39, 0.29) is 35.6 Å². The highest BCUT2D eigenvalue weighted by atomic mass is 19.1. The van der Waals surface area contributed by atoms with Crippen LogP contribution < -0.4 is 0 Å². The summed E-state index contributed by atoms with van der Waals surface area (Å²) in [5, 5.41) is 4.51. The van der Waals surface area contributed by atoms with Gasteiger partial charge in [0.2, 0.25) is 0 Å². The first-order chi connectivity index (χ1) is 15.5. The number of aryl methyl sites for hydroxylation is 3. The number of hydrogen-bond acceptors (Lipinski definition) is 4. The summed E-state index contributed by atoms with van der Waals surface area (Å²) in [6.07, 6.45) is 3.70. The number of carbonyl (C=O) groups excluding carboxylic acids is 2. The van der Waals surface area contributed by atoms with Crippen molar-refractivity contribution in [3.05, 3.63) is 82.2 Å². The molecular formula is C27H32FN3O2. The number of rotatable bonds is 9. The molecule has 0 aliphatic heterocycles. The quantitative estimate of drug-likeness (QED) is 0.482. The first-order valence-electron chi connectivity index (χ1n) is 11.3. The van der Waals surface area contributed by atoms with Crippen LogP contribution >= 0.6 is 0 Å². The summed E-state index contributed by atoms with van der Waals surface area (Å²) >= 11 is 0. The SMILES string of the molecule is CC(=O)Cc1cc(CCc2ccc(CC(=O)Cc3cc(C(C)(C)C)nn3C)c(F)c2)ccn1. The van der Waals surface area contributed by atoms with Crippen molar-refractivity contribution in [2.24, 2.45) is 7.05 Å². The third-order valence-electron chi connectivity index (χ3n) is 5.64. The Balaban J connectivity index is 1.60. The number of hydrogen-bond donors (Lipinski definition) is 0. The highest BCUT2D eigenvalue weighted by molar-refractivity contribution is 5.82. The fraction of sp³-hybridized carbons (Fsp3) is 0.407. The molecule has 1 aromatic carbocycles. The summed E-state index contributed by atoms with van der Waals surface area (Å²) < 4.78 is 16.4. The number of benzene rings is 1. The average Bonchev–Trinajstić information content (AvgIpc) is 3.09. The van der Waals surface area contributed by atoms with Crippen LogP contribution in [0.2, 0.25) is 0 Å². The van der Waals surface area contributed by atoms with Crippen LogP contribution in [0.5, 0.6) is 0 Å². The van der Waals surface area contributed by atoms with Crippen molar-refractivity contribution in [1.29, 1.82) is 0 Å². The molecule has 0 unspecified atom stereocenters. The topological polar surface area (TPSA) is 64.8 Å². The molecule has 0 aliphatic carbocycles. The maximum atomic E-state index is 14.7. The van der Waals surface area contributed by atoms with Gasteiger partial charge < -0.3 is 0 Å². The van der Waals surface area contributed by atoms with Crippen molar-refractivity contribution in [3.63, 3.8) is 0 Å². The van der Waals surface area contributed by atoms with E-state index in [1.165, 1.54) is 6.07 Å². The summed E-state index contributed by atoms with van der Waals surface area (Å²) in [6, 6.07) is 10.9. The molecule has 174 valence electrons. The molecule has 0 radical (unpaired) electrons. The highest BCUT2D eigenvalue weighted by Gasteiger charge is 2.20. The standard InChI is InChI=1S/C27H32FN3O2/c1-18(32)12-22-13-20(10-11-29-22)7-6-19-8-9-21(25(28)14-19)15-24(33)16-23-17-26(27(2,3)4)30-31(23)5/h8-11,13-14,17H,6-7,12,15-16H2,1-5H3. The maximum Gasteiger partial charge on any atom is 0.143 e. The lowest BCUT2D eigenvalue weighted by atomic mass is 9.92. The molecule has 3 aromatic rings. The van der Waals surface area contributed by atoms with Crippen LogP contribution in [0.1, 0.15) is 61.5 Å². The Hall–Kier alpha value is -3.15. The zero-order valence-corrected chi connectivity index (χ0v) is 20.1. The first kappa shape index (κ1) is 24.5. The van der Waals surface area contributed by atoms with Crippen LogP contribution in [0.15, 0.2) is 42.6 Å². The lowest BCUT2D eigenvalue weighted by Crippen LogP contribution is -2.12. The number of carbonyl (C=O) groups is 2. The zero-order chi connectivity index (χ0) is 24.2. The molecule has 6 heteroatoms. The summed E-state index contributed by atoms with van der Waals surface area (Å²) in [5.74, 6) is -0.321. The molecule has 0 N–H and O–H groups in total. The molecule has 0 aliphatic rings. The van der Waals surface area contributed by atoms with Gasteiger partial charge in [-0.15, -0.1) is 0 Å². The van der Waals surface area contributed by atoms with Gasteiger partial charge in [-0.25, -0.2) is 4.39 Å². The van der Waals surface area contributed by atoms with Crippen molar-refractivity contribution in [2.75, 3.05) is 0 Å². The van der Waals surface area contributed by atoms with Crippen LogP contribution in [-0.2, 0) is 54.2 Å². The molecule has 0 amide bonds. The van der Waals surface area contributed by atoms with Gasteiger partial charge in [-0.2, -0.15) is 5.10 Å². The van der Waals surface area contributed by atoms with E-state index in [0.29, 0.717) is 18.4 Å². The molecule has 0 saturated heterocycles. The summed E-state index contributed by atoms with van der Waals surface area (Å²) in [5.41, 5.74) is 4.78. The number of halogens is 1. The Morgan fingerprint density at radius 3 is 2.27 bits per heavy atom. The predicted molar refractivity (Wildman–Crippen MR) is 127 cm³/mol. The van der Waals surface area contributed by atoms with E-state index >= 15 is 0 Å². The Labute approximate surface area is 195 Å². The highest BCUT2D eigenvalue weighted by Crippen LogP contribution is 2.22. The van der Waals surface area contributed by atoms with E-state index in [2.05, 4.69) is 30.9 Å². The Kier molecular flexibility index (Phi) is 7.57. The molecule has 0 saturated carbocycles. The molecule has 0 spiro atoms. The fourth-order valence-electron chi connectivity index (χ4n) is 3.73. The Bertz CT molecular complexity index is 1160. The number of ketones is 2. The van der Waals surface area contributed by atoms with Gasteiger partial charge in [0.25, 0.3) is 0 Å². The van der Waals surface area contributed by atoms with Crippen LogP contribution in [0.3, 0.4) is 0 Å². The van der Waals surface area contributed by atoms with Gasteiger partial charge in [0.15, 0.2) is 0 Å². The van der Waals surface area contributed by atoms with Gasteiger partial charge in [-0.3, -0.25) is 19.3 Å². The van der Waals surface area contributed by atoms with Gasteiger partial charge in [-0.05, 0) is 60.7 Å². The van der Waals surface area contributed by atoms with Gasteiger partial charge >= 0.3 is 0 Å². The fourth-order valence-corrected chi connectivity index (χ4v) is 3.73. The summed E-state index contributed by atoms with van der Waals surface area (Å²) in [7, 11) is 1.83. The molecule has 2 aromatic heterocycles. The Morgan fingerprint density at radius 1 is 0.970 bits per heavy atom. The van der Waals surface area contributed by atoms with Crippen molar-refractivity contribution < 1.29 is 14.0 Å². The monoisotopic (exact) mass is 449 g/mol. The minimum Gasteiger partial charge on any atom is -0.300 e. The zero-order valence-electron chi connectivity index (χ0n) is 20.1. The third-order valence-corrected chi connectivity index (χ3v) is 5.64. The minimum atomic E-state index is -0.353. The van der Waals surface area contributed by atoms with Gasteiger partial charge in [0, 0.05) is 49.3 Å². The molecule has 5 nitrogen and oxygen atoms in total. The van der Waals surface area contributed by atoms with Crippen LogP contribution in [-0.4, -0.2) is 26.3 Å². The van der Waals surface area contributed by atoms with Crippen molar-refractivity contribution >= 4 is 11.6 Å². The van der Waals surface area contributed by atoms with Gasteiger partial charge in [-0.1, -0.05) is 32.9 Å². The van der Waals surface area contributed by atoms with E-state index in [1.807, 2.05) is 31.3 Å². The maximum absolute atomic E-state index is 14.7. The van der Waals surface area contributed by atoms with Crippen LogP contribution in [0, 0.1) is 5.82 Å². The van der Waals surface area contributed by atoms with Crippen LogP contribution in [0.25, 0.3) is 0 Å². The van der Waals surface area contributed by atoms with E-state index in [9.17, 15) is 14.0 Å². The van der Waals surface area contributed by atoms with E-state index in [0.717, 1.165) is 34.6 Å². The lowest BCUT2D eigenvalue weighted by Gasteiger charge is -2.13. The number of pyridine rings is 1. The molecule has 33 heavy (non-hydrogen) atoms. The van der Waals surface area contributed by atoms with E-state index in [1.54, 1.807) is 23.9 Å². The molecule has 3 rings (SSSR count). The second-order valence-corrected chi connectivity index (χ2v) is 9.75. The third kappa shape index (κ3) is 6.91. The largest absolute Gasteiger partial charge is 0.300 e. The average molecular weight is 450 g/mol. The van der Waals surface area contributed by atoms with E-state index < -0.39 is 0 Å². The molecule has 0 bridgehead atoms. The Morgan fingerprint density at radius 2 is 1.67 bits per heavy atom. The first-order valence-corrected chi connectivity index (χ1v) is 11.3. The predicted octanol–water partition coefficient (Wildman–Crippen LogP) is 4.52. The molecule has 0 atom stereocenters. The smallest absolute Gasteiger partial charge is 0.143 e. The van der Waals surface area contributed by atoms with Crippen molar-refractivity contribution in [1.82, 2.24) is 14.8 Å². The molecular weight excluding hydrogens is 417 g/mol.